The molecule has 1 aromatic carbocycles. The molecule has 0 bridgehead atoms. The lowest BCUT2D eigenvalue weighted by molar-refractivity contribution is -0.141. The summed E-state index contributed by atoms with van der Waals surface area (Å²) in [5.41, 5.74) is 2.03. The van der Waals surface area contributed by atoms with Crippen LogP contribution in [0.5, 0.6) is 0 Å². The van der Waals surface area contributed by atoms with E-state index in [2.05, 4.69) is 0 Å². The van der Waals surface area contributed by atoms with Crippen molar-refractivity contribution in [3.8, 4) is 0 Å². The van der Waals surface area contributed by atoms with Crippen molar-refractivity contribution >= 4 is 18.0 Å². The van der Waals surface area contributed by atoms with Gasteiger partial charge in [0, 0.05) is 0 Å². The van der Waals surface area contributed by atoms with E-state index in [0.29, 0.717) is 5.57 Å². The molecule has 0 aromatic heterocycles. The van der Waals surface area contributed by atoms with E-state index in [1.54, 1.807) is 18.1 Å². The third-order valence-corrected chi connectivity index (χ3v) is 2.62. The van der Waals surface area contributed by atoms with Crippen LogP contribution in [0.2, 0.25) is 0 Å². The molecule has 0 aliphatic heterocycles. The van der Waals surface area contributed by atoms with Gasteiger partial charge in [0.05, 0.1) is 12.7 Å². The lowest BCUT2D eigenvalue weighted by Crippen LogP contribution is -2.19. The monoisotopic (exact) mass is 214 g/mol. The highest BCUT2D eigenvalue weighted by atomic mass is 16.5. The van der Waals surface area contributed by atoms with Gasteiger partial charge < -0.3 is 4.74 Å². The number of esters is 1. The van der Waals surface area contributed by atoms with E-state index >= 15 is 0 Å². The molecule has 16 heavy (non-hydrogen) atoms. The van der Waals surface area contributed by atoms with E-state index < -0.39 is 11.9 Å². The van der Waals surface area contributed by atoms with Gasteiger partial charge >= 0.3 is 5.97 Å². The molecule has 3 heteroatoms. The molecule has 0 radical (unpaired) electrons. The fourth-order valence-corrected chi connectivity index (χ4v) is 1.83. The summed E-state index contributed by atoms with van der Waals surface area (Å²) in [4.78, 5) is 22.4. The maximum Gasteiger partial charge on any atom is 0.318 e. The van der Waals surface area contributed by atoms with Gasteiger partial charge in [0.25, 0.3) is 0 Å². The Balaban J connectivity index is 2.59. The Morgan fingerprint density at radius 2 is 2.06 bits per heavy atom. The SMILES string of the molecule is COC(=O)C1C(=C=O)C=Cc2ccccc21. The zero-order chi connectivity index (χ0) is 11.5. The Bertz CT molecular complexity index is 508. The van der Waals surface area contributed by atoms with Crippen molar-refractivity contribution in [1.29, 1.82) is 0 Å². The lowest BCUT2D eigenvalue weighted by Gasteiger charge is -2.19. The molecule has 1 atom stereocenters. The number of allylic oxidation sites excluding steroid dienone is 1. The van der Waals surface area contributed by atoms with Crippen LogP contribution >= 0.6 is 0 Å². The van der Waals surface area contributed by atoms with Crippen LogP contribution in [0.3, 0.4) is 0 Å². The maximum atomic E-state index is 11.6. The van der Waals surface area contributed by atoms with Crippen LogP contribution in [0.25, 0.3) is 6.08 Å². The van der Waals surface area contributed by atoms with E-state index in [9.17, 15) is 9.59 Å². The van der Waals surface area contributed by atoms with Gasteiger partial charge in [-0.25, -0.2) is 4.79 Å². The number of carbonyl (C=O) groups is 1. The Morgan fingerprint density at radius 3 is 2.75 bits per heavy atom. The summed E-state index contributed by atoms with van der Waals surface area (Å²) < 4.78 is 4.71. The molecule has 1 aliphatic rings. The second-order valence-electron chi connectivity index (χ2n) is 3.48. The number of fused-ring (bicyclic) bond motifs is 1. The number of ether oxygens (including phenoxy) is 1. The first-order valence-electron chi connectivity index (χ1n) is 4.87. The van der Waals surface area contributed by atoms with E-state index in [-0.39, 0.29) is 0 Å². The fraction of sp³-hybridized carbons (Fsp3) is 0.154. The highest BCUT2D eigenvalue weighted by Crippen LogP contribution is 2.33. The number of hydrogen-bond donors (Lipinski definition) is 0. The third-order valence-electron chi connectivity index (χ3n) is 2.62. The summed E-state index contributed by atoms with van der Waals surface area (Å²) in [6, 6.07) is 7.42. The van der Waals surface area contributed by atoms with Crippen molar-refractivity contribution in [3.05, 3.63) is 47.0 Å². The lowest BCUT2D eigenvalue weighted by atomic mass is 9.84. The second-order valence-corrected chi connectivity index (χ2v) is 3.48. The molecule has 0 fully saturated rings. The van der Waals surface area contributed by atoms with E-state index in [1.165, 1.54) is 7.11 Å². The molecule has 0 amide bonds. The van der Waals surface area contributed by atoms with Gasteiger partial charge in [0.15, 0.2) is 0 Å². The highest BCUT2D eigenvalue weighted by molar-refractivity contribution is 5.90. The van der Waals surface area contributed by atoms with Crippen molar-refractivity contribution in [2.75, 3.05) is 7.11 Å². The van der Waals surface area contributed by atoms with E-state index in [1.807, 2.05) is 24.3 Å². The van der Waals surface area contributed by atoms with Crippen LogP contribution < -0.4 is 0 Å². The van der Waals surface area contributed by atoms with Gasteiger partial charge in [-0.05, 0) is 17.2 Å². The van der Waals surface area contributed by atoms with Gasteiger partial charge in [-0.2, -0.15) is 0 Å². The second kappa shape index (κ2) is 4.17. The van der Waals surface area contributed by atoms with Crippen molar-refractivity contribution < 1.29 is 14.3 Å². The first kappa shape index (κ1) is 10.4. The molecule has 0 heterocycles. The summed E-state index contributed by atoms with van der Waals surface area (Å²) in [5.74, 6) is 0.705. The quantitative estimate of drug-likeness (QED) is 0.528. The van der Waals surface area contributed by atoms with Crippen molar-refractivity contribution in [3.63, 3.8) is 0 Å². The average Bonchev–Trinajstić information content (AvgIpc) is 2.36. The summed E-state index contributed by atoms with van der Waals surface area (Å²) in [7, 11) is 1.31. The predicted octanol–water partition coefficient (Wildman–Crippen LogP) is 1.73. The Labute approximate surface area is 93.0 Å². The normalized spacial score (nSPS) is 17.6. The molecule has 0 N–H and O–H groups in total. The zero-order valence-electron chi connectivity index (χ0n) is 8.77. The third kappa shape index (κ3) is 1.58. The van der Waals surface area contributed by atoms with Crippen LogP contribution in [-0.2, 0) is 14.3 Å². The first-order chi connectivity index (χ1) is 7.77. The largest absolute Gasteiger partial charge is 0.468 e. The number of rotatable bonds is 1. The molecule has 1 aromatic rings. The average molecular weight is 214 g/mol. The van der Waals surface area contributed by atoms with Gasteiger partial charge in [0.2, 0.25) is 0 Å². The summed E-state index contributed by atoms with van der Waals surface area (Å²) in [6.45, 7) is 0. The van der Waals surface area contributed by atoms with Crippen molar-refractivity contribution in [2.24, 2.45) is 0 Å². The van der Waals surface area contributed by atoms with Gasteiger partial charge in [-0.15, -0.1) is 0 Å². The molecule has 1 unspecified atom stereocenters. The van der Waals surface area contributed by atoms with E-state index in [0.717, 1.165) is 11.1 Å². The van der Waals surface area contributed by atoms with Crippen LogP contribution in [0.15, 0.2) is 35.9 Å². The minimum atomic E-state index is -0.649. The first-order valence-corrected chi connectivity index (χ1v) is 4.87. The predicted molar refractivity (Wildman–Crippen MR) is 59.4 cm³/mol. The summed E-state index contributed by atoms with van der Waals surface area (Å²) >= 11 is 0. The topological polar surface area (TPSA) is 43.4 Å². The Hall–Kier alpha value is -2.12. The van der Waals surface area contributed by atoms with Gasteiger partial charge in [-0.3, -0.25) is 4.79 Å². The van der Waals surface area contributed by atoms with Gasteiger partial charge in [0.1, 0.15) is 11.9 Å². The molecule has 3 nitrogen and oxygen atoms in total. The van der Waals surface area contributed by atoms with Crippen LogP contribution in [-0.4, -0.2) is 19.0 Å². The van der Waals surface area contributed by atoms with Crippen LogP contribution in [0.1, 0.15) is 17.0 Å². The molecule has 2 rings (SSSR count). The highest BCUT2D eigenvalue weighted by Gasteiger charge is 2.29. The molecular formula is C13H10O3. The fourth-order valence-electron chi connectivity index (χ4n) is 1.83. The van der Waals surface area contributed by atoms with Crippen LogP contribution in [0.4, 0.5) is 0 Å². The molecule has 1 aliphatic carbocycles. The number of methoxy groups -OCH3 is 1. The maximum absolute atomic E-state index is 11.6. The summed E-state index contributed by atoms with van der Waals surface area (Å²) in [6.07, 6.45) is 3.41. The van der Waals surface area contributed by atoms with Crippen molar-refractivity contribution in [1.82, 2.24) is 0 Å². The Morgan fingerprint density at radius 1 is 1.31 bits per heavy atom. The zero-order valence-corrected chi connectivity index (χ0v) is 8.77. The standard InChI is InChI=1S/C13H10O3/c1-16-13(15)12-10(8-14)7-6-9-4-2-3-5-11(9)12/h2-7,12H,1H3. The van der Waals surface area contributed by atoms with E-state index in [4.69, 9.17) is 4.74 Å². The molecule has 0 saturated carbocycles. The summed E-state index contributed by atoms with van der Waals surface area (Å²) in [5, 5.41) is 0. The minimum Gasteiger partial charge on any atom is -0.468 e. The van der Waals surface area contributed by atoms with Crippen molar-refractivity contribution in [2.45, 2.75) is 5.92 Å². The number of hydrogen-bond acceptors (Lipinski definition) is 3. The minimum absolute atomic E-state index is 0.311. The molecule has 80 valence electrons. The molecule has 0 saturated heterocycles. The number of benzene rings is 1. The smallest absolute Gasteiger partial charge is 0.318 e. The molecule has 0 spiro atoms. The van der Waals surface area contributed by atoms with Gasteiger partial charge in [-0.1, -0.05) is 30.3 Å². The Kier molecular flexibility index (Phi) is 2.71. The number of carbonyl (C=O) groups excluding carboxylic acids is 2. The molecular weight excluding hydrogens is 204 g/mol. The van der Waals surface area contributed by atoms with Crippen LogP contribution in [0, 0.1) is 0 Å².